The molecule has 3 aromatic rings. The van der Waals surface area contributed by atoms with Crippen LogP contribution in [0.5, 0.6) is 0 Å². The van der Waals surface area contributed by atoms with Crippen LogP contribution >= 0.6 is 15.9 Å². The summed E-state index contributed by atoms with van der Waals surface area (Å²) in [6.07, 6.45) is 0. The molecule has 102 valence electrons. The zero-order valence-corrected chi connectivity index (χ0v) is 12.4. The molecule has 0 fully saturated rings. The van der Waals surface area contributed by atoms with Crippen LogP contribution in [-0.2, 0) is 0 Å². The van der Waals surface area contributed by atoms with Gasteiger partial charge in [-0.2, -0.15) is 9.78 Å². The highest BCUT2D eigenvalue weighted by molar-refractivity contribution is 9.10. The van der Waals surface area contributed by atoms with E-state index in [9.17, 15) is 4.79 Å². The molecule has 3 rings (SSSR count). The van der Waals surface area contributed by atoms with E-state index in [4.69, 9.17) is 9.52 Å². The Hall–Kier alpha value is -2.08. The van der Waals surface area contributed by atoms with Gasteiger partial charge in [-0.3, -0.25) is 0 Å². The first-order valence-electron chi connectivity index (χ1n) is 5.96. The maximum atomic E-state index is 11.0. The van der Waals surface area contributed by atoms with Gasteiger partial charge in [-0.15, -0.1) is 0 Å². The molecule has 2 heterocycles. The van der Waals surface area contributed by atoms with Crippen molar-refractivity contribution >= 4 is 33.0 Å². The fourth-order valence-corrected chi connectivity index (χ4v) is 2.41. The summed E-state index contributed by atoms with van der Waals surface area (Å²) in [5.41, 5.74) is 3.09. The Labute approximate surface area is 122 Å². The summed E-state index contributed by atoms with van der Waals surface area (Å²) in [6, 6.07) is 7.29. The van der Waals surface area contributed by atoms with Gasteiger partial charge < -0.3 is 9.52 Å². The molecule has 0 aliphatic rings. The first kappa shape index (κ1) is 12.9. The zero-order chi connectivity index (χ0) is 14.4. The Balaban J connectivity index is 2.24. The fourth-order valence-electron chi connectivity index (χ4n) is 2.04. The quantitative estimate of drug-likeness (QED) is 0.775. The number of aromatic carboxylic acids is 1. The highest BCUT2D eigenvalue weighted by Crippen LogP contribution is 2.27. The molecule has 0 aliphatic carbocycles. The van der Waals surface area contributed by atoms with Crippen LogP contribution in [0.15, 0.2) is 33.2 Å². The maximum absolute atomic E-state index is 11.0. The SMILES string of the molecule is Cc1ccc(-n2nc(C)c3cc(C(=O)O)oc32)cc1Br. The van der Waals surface area contributed by atoms with Crippen molar-refractivity contribution in [2.24, 2.45) is 0 Å². The number of fused-ring (bicyclic) bond motifs is 1. The van der Waals surface area contributed by atoms with Gasteiger partial charge in [0, 0.05) is 10.5 Å². The number of halogens is 1. The van der Waals surface area contributed by atoms with Crippen molar-refractivity contribution in [3.63, 3.8) is 0 Å². The van der Waals surface area contributed by atoms with Gasteiger partial charge in [0.1, 0.15) is 0 Å². The van der Waals surface area contributed by atoms with Crippen molar-refractivity contribution in [1.82, 2.24) is 9.78 Å². The van der Waals surface area contributed by atoms with Crippen molar-refractivity contribution in [2.75, 3.05) is 0 Å². The fraction of sp³-hybridized carbons (Fsp3) is 0.143. The van der Waals surface area contributed by atoms with Crippen LogP contribution in [0.1, 0.15) is 21.8 Å². The standard InChI is InChI=1S/C14H11BrN2O3/c1-7-3-4-9(5-11(7)15)17-13-10(8(2)16-17)6-12(20-13)14(18)19/h3-6H,1-2H3,(H,18,19). The average Bonchev–Trinajstić information content (AvgIpc) is 2.94. The molecule has 0 saturated heterocycles. The number of rotatable bonds is 2. The Morgan fingerprint density at radius 1 is 1.35 bits per heavy atom. The molecule has 6 heteroatoms. The first-order valence-corrected chi connectivity index (χ1v) is 6.75. The van der Waals surface area contributed by atoms with Crippen molar-refractivity contribution in [2.45, 2.75) is 13.8 Å². The number of furan rings is 1. The van der Waals surface area contributed by atoms with E-state index in [2.05, 4.69) is 21.0 Å². The summed E-state index contributed by atoms with van der Waals surface area (Å²) >= 11 is 3.48. The largest absolute Gasteiger partial charge is 0.475 e. The third-order valence-corrected chi connectivity index (χ3v) is 4.01. The predicted molar refractivity (Wildman–Crippen MR) is 77.5 cm³/mol. The minimum absolute atomic E-state index is 0.0829. The van der Waals surface area contributed by atoms with Crippen LogP contribution < -0.4 is 0 Å². The Morgan fingerprint density at radius 3 is 2.75 bits per heavy atom. The lowest BCUT2D eigenvalue weighted by Crippen LogP contribution is -1.98. The lowest BCUT2D eigenvalue weighted by molar-refractivity contribution is 0.0664. The van der Waals surface area contributed by atoms with Gasteiger partial charge in [0.15, 0.2) is 0 Å². The predicted octanol–water partition coefficient (Wildman–Crippen LogP) is 3.70. The van der Waals surface area contributed by atoms with Crippen molar-refractivity contribution in [1.29, 1.82) is 0 Å². The van der Waals surface area contributed by atoms with Gasteiger partial charge in [0.05, 0.1) is 16.8 Å². The molecule has 2 aromatic heterocycles. The van der Waals surface area contributed by atoms with E-state index in [0.717, 1.165) is 21.4 Å². The van der Waals surface area contributed by atoms with Gasteiger partial charge in [-0.25, -0.2) is 4.79 Å². The number of hydrogen-bond donors (Lipinski definition) is 1. The minimum atomic E-state index is -1.09. The number of carbonyl (C=O) groups is 1. The topological polar surface area (TPSA) is 68.3 Å². The normalized spacial score (nSPS) is 11.2. The summed E-state index contributed by atoms with van der Waals surface area (Å²) in [7, 11) is 0. The second kappa shape index (κ2) is 4.49. The molecule has 0 saturated carbocycles. The third-order valence-electron chi connectivity index (χ3n) is 3.16. The summed E-state index contributed by atoms with van der Waals surface area (Å²) < 4.78 is 7.96. The van der Waals surface area contributed by atoms with Gasteiger partial charge in [0.25, 0.3) is 0 Å². The van der Waals surface area contributed by atoms with Crippen LogP contribution in [0.3, 0.4) is 0 Å². The summed E-state index contributed by atoms with van der Waals surface area (Å²) in [4.78, 5) is 11.0. The van der Waals surface area contributed by atoms with Gasteiger partial charge >= 0.3 is 5.97 Å². The maximum Gasteiger partial charge on any atom is 0.371 e. The van der Waals surface area contributed by atoms with Crippen LogP contribution in [-0.4, -0.2) is 20.9 Å². The number of aromatic nitrogens is 2. The smallest absolute Gasteiger partial charge is 0.371 e. The van der Waals surface area contributed by atoms with E-state index in [1.165, 1.54) is 6.07 Å². The molecule has 0 amide bonds. The van der Waals surface area contributed by atoms with E-state index >= 15 is 0 Å². The molecule has 0 radical (unpaired) electrons. The number of carboxylic acids is 1. The van der Waals surface area contributed by atoms with Crippen LogP contribution in [0.25, 0.3) is 16.8 Å². The minimum Gasteiger partial charge on any atom is -0.475 e. The Bertz CT molecular complexity index is 832. The molecule has 5 nitrogen and oxygen atoms in total. The number of aryl methyl sites for hydroxylation is 2. The molecule has 0 bridgehead atoms. The summed E-state index contributed by atoms with van der Waals surface area (Å²) in [6.45, 7) is 3.82. The zero-order valence-electron chi connectivity index (χ0n) is 10.8. The average molecular weight is 335 g/mol. The van der Waals surface area contributed by atoms with Crippen molar-refractivity contribution in [3.05, 3.63) is 45.8 Å². The van der Waals surface area contributed by atoms with E-state index in [-0.39, 0.29) is 5.76 Å². The second-order valence-electron chi connectivity index (χ2n) is 4.57. The van der Waals surface area contributed by atoms with Crippen LogP contribution in [0, 0.1) is 13.8 Å². The molecule has 0 spiro atoms. The monoisotopic (exact) mass is 334 g/mol. The Kier molecular flexibility index (Phi) is 2.90. The van der Waals surface area contributed by atoms with Crippen LogP contribution in [0.4, 0.5) is 0 Å². The second-order valence-corrected chi connectivity index (χ2v) is 5.42. The number of benzene rings is 1. The highest BCUT2D eigenvalue weighted by Gasteiger charge is 2.18. The summed E-state index contributed by atoms with van der Waals surface area (Å²) in [5, 5.41) is 14.1. The highest BCUT2D eigenvalue weighted by atomic mass is 79.9. The number of hydrogen-bond acceptors (Lipinski definition) is 3. The van der Waals surface area contributed by atoms with Crippen molar-refractivity contribution in [3.8, 4) is 5.69 Å². The first-order chi connectivity index (χ1) is 9.47. The van der Waals surface area contributed by atoms with Gasteiger partial charge in [-0.05, 0) is 31.5 Å². The van der Waals surface area contributed by atoms with Gasteiger partial charge in [-0.1, -0.05) is 22.0 Å². The van der Waals surface area contributed by atoms with E-state index in [0.29, 0.717) is 11.1 Å². The molecule has 0 atom stereocenters. The van der Waals surface area contributed by atoms with Gasteiger partial charge in [0.2, 0.25) is 11.5 Å². The van der Waals surface area contributed by atoms with E-state index in [1.54, 1.807) is 4.68 Å². The lowest BCUT2D eigenvalue weighted by atomic mass is 10.2. The van der Waals surface area contributed by atoms with E-state index in [1.807, 2.05) is 32.0 Å². The van der Waals surface area contributed by atoms with Crippen LogP contribution in [0.2, 0.25) is 0 Å². The molecule has 20 heavy (non-hydrogen) atoms. The Morgan fingerprint density at radius 2 is 2.10 bits per heavy atom. The van der Waals surface area contributed by atoms with E-state index < -0.39 is 5.97 Å². The molecule has 1 N–H and O–H groups in total. The molecular weight excluding hydrogens is 324 g/mol. The molecule has 0 unspecified atom stereocenters. The summed E-state index contributed by atoms with van der Waals surface area (Å²) in [5.74, 6) is -1.17. The molecular formula is C14H11BrN2O3. The molecule has 1 aromatic carbocycles. The molecule has 0 aliphatic heterocycles. The number of nitrogens with zero attached hydrogens (tertiary/aromatic N) is 2. The third kappa shape index (κ3) is 1.92. The lowest BCUT2D eigenvalue weighted by Gasteiger charge is -2.04. The van der Waals surface area contributed by atoms with Crippen molar-refractivity contribution < 1.29 is 14.3 Å². The number of carboxylic acid groups (broad SMARTS) is 1.